The van der Waals surface area contributed by atoms with Gasteiger partial charge in [0.05, 0.1) is 0 Å². The molecule has 5 heteroatoms. The van der Waals surface area contributed by atoms with Crippen molar-refractivity contribution in [2.45, 2.75) is 19.4 Å². The van der Waals surface area contributed by atoms with Gasteiger partial charge in [0.25, 0.3) is 0 Å². The third-order valence-electron chi connectivity index (χ3n) is 3.21. The van der Waals surface area contributed by atoms with E-state index < -0.39 is 18.0 Å². The summed E-state index contributed by atoms with van der Waals surface area (Å²) >= 11 is 0. The molecule has 0 bridgehead atoms. The zero-order valence-corrected chi connectivity index (χ0v) is 12.4. The topological polar surface area (TPSA) is 84.2 Å². The molecule has 0 saturated carbocycles. The van der Waals surface area contributed by atoms with Gasteiger partial charge in [-0.25, -0.2) is 4.79 Å². The highest BCUT2D eigenvalue weighted by molar-refractivity contribution is 5.93. The number of nitrogens with two attached hydrogens (primary N) is 1. The Bertz CT molecular complexity index is 656. The van der Waals surface area contributed by atoms with Crippen LogP contribution in [0.2, 0.25) is 0 Å². The van der Waals surface area contributed by atoms with Crippen LogP contribution in [-0.2, 0) is 11.2 Å². The molecule has 2 rings (SSSR count). The van der Waals surface area contributed by atoms with Crippen molar-refractivity contribution >= 4 is 17.6 Å². The smallest absolute Gasteiger partial charge is 0.319 e. The number of urea groups is 1. The number of nitrogens with one attached hydrogen (secondary N) is 2. The molecule has 4 N–H and O–H groups in total. The van der Waals surface area contributed by atoms with Crippen LogP contribution in [-0.4, -0.2) is 18.0 Å². The molecule has 5 nitrogen and oxygen atoms in total. The summed E-state index contributed by atoms with van der Waals surface area (Å²) in [7, 11) is 0. The first-order chi connectivity index (χ1) is 10.5. The van der Waals surface area contributed by atoms with E-state index in [-0.39, 0.29) is 0 Å². The number of hydrogen-bond donors (Lipinski definition) is 3. The Balaban J connectivity index is 1.98. The highest BCUT2D eigenvalue weighted by atomic mass is 16.2. The molecule has 0 aromatic heterocycles. The van der Waals surface area contributed by atoms with Crippen molar-refractivity contribution in [2.24, 2.45) is 5.73 Å². The van der Waals surface area contributed by atoms with Crippen LogP contribution in [0.1, 0.15) is 11.1 Å². The van der Waals surface area contributed by atoms with E-state index in [1.54, 1.807) is 6.07 Å². The lowest BCUT2D eigenvalue weighted by molar-refractivity contribution is -0.119. The minimum Gasteiger partial charge on any atom is -0.368 e. The van der Waals surface area contributed by atoms with E-state index >= 15 is 0 Å². The third kappa shape index (κ3) is 4.63. The van der Waals surface area contributed by atoms with E-state index in [9.17, 15) is 9.59 Å². The van der Waals surface area contributed by atoms with Gasteiger partial charge in [0.1, 0.15) is 6.04 Å². The average Bonchev–Trinajstić information content (AvgIpc) is 2.47. The Morgan fingerprint density at radius 2 is 1.82 bits per heavy atom. The molecule has 3 amide bonds. The number of anilines is 1. The average molecular weight is 297 g/mol. The van der Waals surface area contributed by atoms with Crippen LogP contribution in [0.5, 0.6) is 0 Å². The number of hydrogen-bond acceptors (Lipinski definition) is 2. The van der Waals surface area contributed by atoms with Gasteiger partial charge in [-0.2, -0.15) is 0 Å². The fraction of sp³-hybridized carbons (Fsp3) is 0.176. The summed E-state index contributed by atoms with van der Waals surface area (Å²) in [4.78, 5) is 23.5. The van der Waals surface area contributed by atoms with Gasteiger partial charge in [0, 0.05) is 12.1 Å². The standard InChI is InChI=1S/C17H19N3O2/c1-12-6-5-9-14(10-12)19-17(22)20-15(16(18)21)11-13-7-3-2-4-8-13/h2-10,15H,11H2,1H3,(H2,18,21)(H2,19,20,22)/t15-/m0/s1. The molecule has 1 atom stereocenters. The van der Waals surface area contributed by atoms with Crippen molar-refractivity contribution in [1.29, 1.82) is 0 Å². The van der Waals surface area contributed by atoms with Gasteiger partial charge in [-0.1, -0.05) is 42.5 Å². The summed E-state index contributed by atoms with van der Waals surface area (Å²) < 4.78 is 0. The van der Waals surface area contributed by atoms with Gasteiger partial charge >= 0.3 is 6.03 Å². The maximum atomic E-state index is 12.0. The van der Waals surface area contributed by atoms with Gasteiger partial charge in [-0.15, -0.1) is 0 Å². The highest BCUT2D eigenvalue weighted by Gasteiger charge is 2.18. The number of benzene rings is 2. The fourth-order valence-corrected chi connectivity index (χ4v) is 2.12. The molecule has 2 aromatic rings. The number of aryl methyl sites for hydroxylation is 1. The Hall–Kier alpha value is -2.82. The van der Waals surface area contributed by atoms with Gasteiger partial charge in [-0.05, 0) is 30.2 Å². The lowest BCUT2D eigenvalue weighted by atomic mass is 10.1. The second-order valence-corrected chi connectivity index (χ2v) is 5.11. The Morgan fingerprint density at radius 3 is 2.45 bits per heavy atom. The van der Waals surface area contributed by atoms with Crippen molar-refractivity contribution in [3.8, 4) is 0 Å². The van der Waals surface area contributed by atoms with E-state index in [4.69, 9.17) is 5.73 Å². The van der Waals surface area contributed by atoms with Crippen molar-refractivity contribution < 1.29 is 9.59 Å². The summed E-state index contributed by atoms with van der Waals surface area (Å²) in [6, 6.07) is 15.6. The quantitative estimate of drug-likeness (QED) is 0.790. The van der Waals surface area contributed by atoms with Gasteiger partial charge in [-0.3, -0.25) is 4.79 Å². The maximum Gasteiger partial charge on any atom is 0.319 e. The predicted molar refractivity (Wildman–Crippen MR) is 86.5 cm³/mol. The molecule has 2 aromatic carbocycles. The molecule has 0 unspecified atom stereocenters. The molecule has 0 aliphatic rings. The van der Waals surface area contributed by atoms with Crippen molar-refractivity contribution in [2.75, 3.05) is 5.32 Å². The second kappa shape index (κ2) is 7.26. The molecular weight excluding hydrogens is 278 g/mol. The Kier molecular flexibility index (Phi) is 5.14. The third-order valence-corrected chi connectivity index (χ3v) is 3.21. The number of rotatable bonds is 5. The number of carbonyl (C=O) groups excluding carboxylic acids is 2. The van der Waals surface area contributed by atoms with Gasteiger partial charge in [0.2, 0.25) is 5.91 Å². The molecule has 114 valence electrons. The van der Waals surface area contributed by atoms with Gasteiger partial charge < -0.3 is 16.4 Å². The first-order valence-electron chi connectivity index (χ1n) is 7.02. The summed E-state index contributed by atoms with van der Waals surface area (Å²) in [6.07, 6.45) is 0.359. The van der Waals surface area contributed by atoms with E-state index in [1.807, 2.05) is 55.5 Å². The minimum absolute atomic E-state index is 0.359. The Morgan fingerprint density at radius 1 is 1.09 bits per heavy atom. The van der Waals surface area contributed by atoms with Gasteiger partial charge in [0.15, 0.2) is 0 Å². The van der Waals surface area contributed by atoms with Crippen LogP contribution in [0.15, 0.2) is 54.6 Å². The van der Waals surface area contributed by atoms with E-state index in [2.05, 4.69) is 10.6 Å². The number of carbonyl (C=O) groups is 2. The lowest BCUT2D eigenvalue weighted by Gasteiger charge is -2.16. The number of primary amides is 1. The maximum absolute atomic E-state index is 12.0. The highest BCUT2D eigenvalue weighted by Crippen LogP contribution is 2.09. The minimum atomic E-state index is -0.757. The second-order valence-electron chi connectivity index (χ2n) is 5.11. The number of amides is 3. The van der Waals surface area contributed by atoms with E-state index in [0.29, 0.717) is 12.1 Å². The summed E-state index contributed by atoms with van der Waals surface area (Å²) in [5.41, 5.74) is 8.00. The van der Waals surface area contributed by atoms with Crippen LogP contribution in [0.25, 0.3) is 0 Å². The van der Waals surface area contributed by atoms with Crippen LogP contribution >= 0.6 is 0 Å². The summed E-state index contributed by atoms with van der Waals surface area (Å²) in [5, 5.41) is 5.30. The fourth-order valence-electron chi connectivity index (χ4n) is 2.12. The monoisotopic (exact) mass is 297 g/mol. The summed E-state index contributed by atoms with van der Waals surface area (Å²) in [5.74, 6) is -0.566. The van der Waals surface area contributed by atoms with Crippen molar-refractivity contribution in [3.05, 3.63) is 65.7 Å². The van der Waals surface area contributed by atoms with E-state index in [0.717, 1.165) is 11.1 Å². The molecule has 0 saturated heterocycles. The molecule has 22 heavy (non-hydrogen) atoms. The molecule has 0 aliphatic heterocycles. The first-order valence-corrected chi connectivity index (χ1v) is 7.02. The van der Waals surface area contributed by atoms with Crippen LogP contribution in [0.4, 0.5) is 10.5 Å². The Labute approximate surface area is 129 Å². The normalized spacial score (nSPS) is 11.5. The molecule has 0 aliphatic carbocycles. The van der Waals surface area contributed by atoms with Crippen LogP contribution < -0.4 is 16.4 Å². The predicted octanol–water partition coefficient (Wildman–Crippen LogP) is 2.21. The van der Waals surface area contributed by atoms with Crippen LogP contribution in [0, 0.1) is 6.92 Å². The van der Waals surface area contributed by atoms with Crippen LogP contribution in [0.3, 0.4) is 0 Å². The van der Waals surface area contributed by atoms with E-state index in [1.165, 1.54) is 0 Å². The lowest BCUT2D eigenvalue weighted by Crippen LogP contribution is -2.47. The zero-order valence-electron chi connectivity index (χ0n) is 12.4. The summed E-state index contributed by atoms with van der Waals surface area (Å²) in [6.45, 7) is 1.94. The first kappa shape index (κ1) is 15.6. The molecule has 0 radical (unpaired) electrons. The molecular formula is C17H19N3O2. The van der Waals surface area contributed by atoms with Crippen molar-refractivity contribution in [3.63, 3.8) is 0 Å². The zero-order chi connectivity index (χ0) is 15.9. The molecule has 0 fully saturated rings. The molecule has 0 spiro atoms. The van der Waals surface area contributed by atoms with Crippen molar-refractivity contribution in [1.82, 2.24) is 5.32 Å². The SMILES string of the molecule is Cc1cccc(NC(=O)N[C@@H](Cc2ccccc2)C(N)=O)c1. The molecule has 0 heterocycles. The largest absolute Gasteiger partial charge is 0.368 e.